The van der Waals surface area contributed by atoms with Gasteiger partial charge in [-0.15, -0.1) is 0 Å². The first-order valence-corrected chi connectivity index (χ1v) is 11.9. The number of hydrogen-bond acceptors (Lipinski definition) is 5. The maximum absolute atomic E-state index is 9.68. The van der Waals surface area contributed by atoms with Gasteiger partial charge < -0.3 is 20.2 Å². The number of piperazine rings is 1. The number of aliphatic imine (C=N–C) groups is 1. The third kappa shape index (κ3) is 6.20. The summed E-state index contributed by atoms with van der Waals surface area (Å²) in [6.45, 7) is 10.3. The molecule has 0 bridgehead atoms. The lowest BCUT2D eigenvalue weighted by Crippen LogP contribution is -2.52. The Morgan fingerprint density at radius 2 is 1.72 bits per heavy atom. The Hall–Kier alpha value is -2.64. The maximum atomic E-state index is 9.68. The molecule has 2 fully saturated rings. The van der Waals surface area contributed by atoms with Gasteiger partial charge in [0.1, 0.15) is 5.82 Å². The summed E-state index contributed by atoms with van der Waals surface area (Å²) in [5, 5.41) is 13.1. The van der Waals surface area contributed by atoms with Crippen LogP contribution >= 0.6 is 0 Å². The molecule has 2 aliphatic rings. The highest BCUT2D eigenvalue weighted by Crippen LogP contribution is 2.15. The van der Waals surface area contributed by atoms with E-state index in [-0.39, 0.29) is 6.10 Å². The first-order chi connectivity index (χ1) is 15.7. The van der Waals surface area contributed by atoms with Gasteiger partial charge in [-0.3, -0.25) is 4.90 Å². The lowest BCUT2D eigenvalue weighted by molar-refractivity contribution is 0.0792. The lowest BCUT2D eigenvalue weighted by atomic mass is 10.1. The Labute approximate surface area is 191 Å². The molecule has 1 aromatic carbocycles. The average molecular weight is 437 g/mol. The van der Waals surface area contributed by atoms with Crippen LogP contribution < -0.4 is 10.2 Å². The zero-order valence-electron chi connectivity index (χ0n) is 19.2. The molecule has 4 rings (SSSR count). The molecule has 0 aliphatic carbocycles. The summed E-state index contributed by atoms with van der Waals surface area (Å²) in [6.07, 6.45) is 3.51. The van der Waals surface area contributed by atoms with E-state index < -0.39 is 0 Å². The number of anilines is 1. The number of aliphatic hydroxyl groups is 1. The minimum atomic E-state index is -0.115. The standard InChI is InChI=1S/C25H36N6O/c1-2-26-25(31-17-15-30(16-18-31)24-5-3-4-12-27-24)28-19-21-6-8-22(9-7-21)20-29-13-10-23(32)11-14-29/h3-9,12,23,32H,2,10-11,13-20H2,1H3,(H,26,28). The minimum Gasteiger partial charge on any atom is -0.393 e. The van der Waals surface area contributed by atoms with Crippen LogP contribution in [-0.2, 0) is 13.1 Å². The van der Waals surface area contributed by atoms with Crippen molar-refractivity contribution in [3.8, 4) is 0 Å². The van der Waals surface area contributed by atoms with Crippen LogP contribution in [0.1, 0.15) is 30.9 Å². The van der Waals surface area contributed by atoms with E-state index in [2.05, 4.69) is 62.3 Å². The minimum absolute atomic E-state index is 0.115. The molecule has 2 aromatic rings. The number of guanidine groups is 1. The second-order valence-corrected chi connectivity index (χ2v) is 8.66. The van der Waals surface area contributed by atoms with Crippen molar-refractivity contribution >= 4 is 11.8 Å². The van der Waals surface area contributed by atoms with Crippen molar-refractivity contribution in [1.82, 2.24) is 20.1 Å². The molecule has 32 heavy (non-hydrogen) atoms. The van der Waals surface area contributed by atoms with Gasteiger partial charge >= 0.3 is 0 Å². The number of likely N-dealkylation sites (tertiary alicyclic amines) is 1. The molecule has 7 nitrogen and oxygen atoms in total. The fourth-order valence-electron chi connectivity index (χ4n) is 4.37. The number of nitrogens with one attached hydrogen (secondary N) is 1. The largest absolute Gasteiger partial charge is 0.393 e. The monoisotopic (exact) mass is 436 g/mol. The molecule has 2 saturated heterocycles. The van der Waals surface area contributed by atoms with E-state index in [1.807, 2.05) is 18.3 Å². The molecule has 0 amide bonds. The number of piperidine rings is 1. The quantitative estimate of drug-likeness (QED) is 0.535. The summed E-state index contributed by atoms with van der Waals surface area (Å²) in [6, 6.07) is 14.9. The first kappa shape index (κ1) is 22.6. The Morgan fingerprint density at radius 1 is 1.00 bits per heavy atom. The smallest absolute Gasteiger partial charge is 0.194 e. The Kier molecular flexibility index (Phi) is 7.96. The maximum Gasteiger partial charge on any atom is 0.194 e. The van der Waals surface area contributed by atoms with Crippen molar-refractivity contribution in [2.45, 2.75) is 39.0 Å². The Bertz CT molecular complexity index is 840. The Morgan fingerprint density at radius 3 is 2.38 bits per heavy atom. The van der Waals surface area contributed by atoms with Gasteiger partial charge in [0.25, 0.3) is 0 Å². The molecule has 2 N–H and O–H groups in total. The molecule has 7 heteroatoms. The summed E-state index contributed by atoms with van der Waals surface area (Å²) in [4.78, 5) is 16.5. The summed E-state index contributed by atoms with van der Waals surface area (Å²) in [7, 11) is 0. The first-order valence-electron chi connectivity index (χ1n) is 11.9. The van der Waals surface area contributed by atoms with Gasteiger partial charge in [0, 0.05) is 58.6 Å². The van der Waals surface area contributed by atoms with E-state index >= 15 is 0 Å². The van der Waals surface area contributed by atoms with Crippen LogP contribution in [0.4, 0.5) is 5.82 Å². The van der Waals surface area contributed by atoms with Crippen LogP contribution in [0.3, 0.4) is 0 Å². The van der Waals surface area contributed by atoms with E-state index in [0.29, 0.717) is 6.54 Å². The van der Waals surface area contributed by atoms with Crippen molar-refractivity contribution in [3.63, 3.8) is 0 Å². The second-order valence-electron chi connectivity index (χ2n) is 8.66. The second kappa shape index (κ2) is 11.3. The molecular formula is C25H36N6O. The number of aromatic nitrogens is 1. The van der Waals surface area contributed by atoms with Gasteiger partial charge in [0.05, 0.1) is 12.6 Å². The van der Waals surface area contributed by atoms with Crippen molar-refractivity contribution in [2.75, 3.05) is 50.7 Å². The van der Waals surface area contributed by atoms with Crippen LogP contribution in [0.15, 0.2) is 53.7 Å². The topological polar surface area (TPSA) is 67.2 Å². The molecule has 3 heterocycles. The van der Waals surface area contributed by atoms with Gasteiger partial charge in [0.2, 0.25) is 0 Å². The molecule has 0 saturated carbocycles. The number of hydrogen-bond donors (Lipinski definition) is 2. The number of aliphatic hydroxyl groups excluding tert-OH is 1. The predicted molar refractivity (Wildman–Crippen MR) is 130 cm³/mol. The number of benzene rings is 1. The van der Waals surface area contributed by atoms with Crippen LogP contribution in [0.2, 0.25) is 0 Å². The molecule has 172 valence electrons. The summed E-state index contributed by atoms with van der Waals surface area (Å²) in [5.41, 5.74) is 2.55. The predicted octanol–water partition coefficient (Wildman–Crippen LogP) is 2.33. The summed E-state index contributed by atoms with van der Waals surface area (Å²) in [5.74, 6) is 2.04. The van der Waals surface area contributed by atoms with Gasteiger partial charge in [-0.2, -0.15) is 0 Å². The molecule has 0 unspecified atom stereocenters. The third-order valence-corrected chi connectivity index (χ3v) is 6.29. The molecule has 2 aliphatic heterocycles. The zero-order chi connectivity index (χ0) is 22.2. The number of pyridine rings is 1. The van der Waals surface area contributed by atoms with E-state index in [1.54, 1.807) is 0 Å². The molecular weight excluding hydrogens is 400 g/mol. The van der Waals surface area contributed by atoms with Gasteiger partial charge in [-0.25, -0.2) is 9.98 Å². The highest BCUT2D eigenvalue weighted by molar-refractivity contribution is 5.80. The van der Waals surface area contributed by atoms with Gasteiger partial charge in [0.15, 0.2) is 5.96 Å². The SMILES string of the molecule is CCNC(=NCc1ccc(CN2CCC(O)CC2)cc1)N1CCN(c2ccccn2)CC1. The van der Waals surface area contributed by atoms with E-state index in [1.165, 1.54) is 11.1 Å². The van der Waals surface area contributed by atoms with Crippen LogP contribution in [0.25, 0.3) is 0 Å². The van der Waals surface area contributed by atoms with Gasteiger partial charge in [-0.05, 0) is 43.0 Å². The van der Waals surface area contributed by atoms with E-state index in [4.69, 9.17) is 4.99 Å². The zero-order valence-corrected chi connectivity index (χ0v) is 19.2. The van der Waals surface area contributed by atoms with Crippen LogP contribution in [0, 0.1) is 0 Å². The van der Waals surface area contributed by atoms with Crippen LogP contribution in [-0.4, -0.2) is 77.8 Å². The lowest BCUT2D eigenvalue weighted by Gasteiger charge is -2.37. The Balaban J connectivity index is 1.30. The molecule has 1 aromatic heterocycles. The van der Waals surface area contributed by atoms with E-state index in [9.17, 15) is 5.11 Å². The fourth-order valence-corrected chi connectivity index (χ4v) is 4.37. The summed E-state index contributed by atoms with van der Waals surface area (Å²) < 4.78 is 0. The average Bonchev–Trinajstić information content (AvgIpc) is 2.85. The van der Waals surface area contributed by atoms with Gasteiger partial charge in [-0.1, -0.05) is 30.3 Å². The summed E-state index contributed by atoms with van der Waals surface area (Å²) >= 11 is 0. The van der Waals surface area contributed by atoms with Crippen molar-refractivity contribution < 1.29 is 5.11 Å². The highest BCUT2D eigenvalue weighted by atomic mass is 16.3. The molecule has 0 atom stereocenters. The van der Waals surface area contributed by atoms with Crippen molar-refractivity contribution in [3.05, 3.63) is 59.8 Å². The molecule has 0 spiro atoms. The van der Waals surface area contributed by atoms with Crippen LogP contribution in [0.5, 0.6) is 0 Å². The normalized spacial score (nSPS) is 18.8. The molecule has 0 radical (unpaired) electrons. The van der Waals surface area contributed by atoms with Crippen molar-refractivity contribution in [2.24, 2.45) is 4.99 Å². The number of nitrogens with zero attached hydrogens (tertiary/aromatic N) is 5. The van der Waals surface area contributed by atoms with Crippen molar-refractivity contribution in [1.29, 1.82) is 0 Å². The number of rotatable bonds is 6. The third-order valence-electron chi connectivity index (χ3n) is 6.29. The highest BCUT2D eigenvalue weighted by Gasteiger charge is 2.20. The van der Waals surface area contributed by atoms with E-state index in [0.717, 1.165) is 77.0 Å². The fraction of sp³-hybridized carbons (Fsp3) is 0.520.